The number of carbonyl (C=O) groups is 2. The Bertz CT molecular complexity index is 548. The van der Waals surface area contributed by atoms with Crippen LogP contribution in [0.3, 0.4) is 0 Å². The van der Waals surface area contributed by atoms with Crippen LogP contribution in [0.4, 0.5) is 0 Å². The molecule has 3 aliphatic rings. The van der Waals surface area contributed by atoms with E-state index in [9.17, 15) is 9.59 Å². The molecule has 1 aliphatic carbocycles. The van der Waals surface area contributed by atoms with Crippen LogP contribution in [0.1, 0.15) is 128 Å². The third kappa shape index (κ3) is 13.4. The fourth-order valence-corrected chi connectivity index (χ4v) is 5.44. The summed E-state index contributed by atoms with van der Waals surface area (Å²) < 4.78 is 21.7. The maximum Gasteiger partial charge on any atom is 0.309 e. The first kappa shape index (κ1) is 29.4. The normalized spacial score (nSPS) is 24.9. The monoisotopic (exact) mass is 508 g/mol. The summed E-state index contributed by atoms with van der Waals surface area (Å²) in [7, 11) is 0. The van der Waals surface area contributed by atoms with E-state index in [4.69, 9.17) is 18.9 Å². The Balaban J connectivity index is 1.15. The van der Waals surface area contributed by atoms with Gasteiger partial charge in [0.25, 0.3) is 0 Å². The summed E-state index contributed by atoms with van der Waals surface area (Å²) in [5.41, 5.74) is 0. The maximum atomic E-state index is 12.7. The van der Waals surface area contributed by atoms with Gasteiger partial charge in [0.2, 0.25) is 0 Å². The van der Waals surface area contributed by atoms with Crippen LogP contribution in [0, 0.1) is 11.8 Å². The first-order valence-electron chi connectivity index (χ1n) is 15.3. The van der Waals surface area contributed by atoms with Crippen molar-refractivity contribution in [3.8, 4) is 0 Å². The van der Waals surface area contributed by atoms with Gasteiger partial charge in [0, 0.05) is 0 Å². The van der Waals surface area contributed by atoms with E-state index in [1.807, 2.05) is 0 Å². The zero-order valence-electron chi connectivity index (χ0n) is 22.7. The van der Waals surface area contributed by atoms with Gasteiger partial charge in [-0.2, -0.15) is 0 Å². The average molecular weight is 509 g/mol. The lowest BCUT2D eigenvalue weighted by molar-refractivity contribution is -0.163. The summed E-state index contributed by atoms with van der Waals surface area (Å²) in [5.74, 6) is -1.01. The van der Waals surface area contributed by atoms with Gasteiger partial charge in [-0.1, -0.05) is 89.9 Å². The second-order valence-electron chi connectivity index (χ2n) is 11.3. The molecule has 2 saturated heterocycles. The summed E-state index contributed by atoms with van der Waals surface area (Å²) in [4.78, 5) is 25.4. The van der Waals surface area contributed by atoms with Crippen molar-refractivity contribution in [2.75, 3.05) is 26.4 Å². The first-order chi connectivity index (χ1) is 17.7. The molecule has 4 unspecified atom stereocenters. The van der Waals surface area contributed by atoms with Gasteiger partial charge in [-0.3, -0.25) is 9.59 Å². The van der Waals surface area contributed by atoms with Gasteiger partial charge in [-0.05, 0) is 38.5 Å². The largest absolute Gasteiger partial charge is 0.465 e. The van der Waals surface area contributed by atoms with Gasteiger partial charge in [0.1, 0.15) is 0 Å². The highest BCUT2D eigenvalue weighted by molar-refractivity contribution is 5.82. The molecular weight excluding hydrogens is 456 g/mol. The number of unbranched alkanes of at least 4 members (excludes halogenated alkanes) is 12. The van der Waals surface area contributed by atoms with E-state index in [1.165, 1.54) is 77.0 Å². The predicted octanol–water partition coefficient (Wildman–Crippen LogP) is 6.92. The van der Waals surface area contributed by atoms with E-state index >= 15 is 0 Å². The standard InChI is InChI=1S/C30H52O6/c31-29(33-21-15-9-5-1-3-7-11-17-25-23-35-25)27-19-13-14-20-28(27)30(32)34-22-16-10-6-2-4-8-12-18-26-24-36-26/h25-28H,1-24H2. The molecule has 4 atom stereocenters. The number of ether oxygens (including phenoxy) is 4. The number of epoxide rings is 2. The fraction of sp³-hybridized carbons (Fsp3) is 0.933. The summed E-state index contributed by atoms with van der Waals surface area (Å²) in [6, 6.07) is 0. The van der Waals surface area contributed by atoms with Gasteiger partial charge in [0.15, 0.2) is 0 Å². The van der Waals surface area contributed by atoms with Gasteiger partial charge in [0.05, 0.1) is 50.5 Å². The molecule has 3 fully saturated rings. The Morgan fingerprint density at radius 3 is 1.22 bits per heavy atom. The molecule has 36 heavy (non-hydrogen) atoms. The van der Waals surface area contributed by atoms with Crippen LogP contribution in [-0.4, -0.2) is 50.6 Å². The third-order valence-electron chi connectivity index (χ3n) is 8.01. The number of rotatable bonds is 22. The van der Waals surface area contributed by atoms with Gasteiger partial charge in [-0.25, -0.2) is 0 Å². The molecular formula is C30H52O6. The van der Waals surface area contributed by atoms with Gasteiger partial charge >= 0.3 is 11.9 Å². The lowest BCUT2D eigenvalue weighted by atomic mass is 9.79. The van der Waals surface area contributed by atoms with Crippen molar-refractivity contribution in [2.45, 2.75) is 141 Å². The maximum absolute atomic E-state index is 12.7. The predicted molar refractivity (Wildman–Crippen MR) is 141 cm³/mol. The van der Waals surface area contributed by atoms with Gasteiger partial charge < -0.3 is 18.9 Å². The summed E-state index contributed by atoms with van der Waals surface area (Å²) in [6.45, 7) is 2.90. The molecule has 3 rings (SSSR count). The first-order valence-corrected chi connectivity index (χ1v) is 15.3. The molecule has 0 aromatic carbocycles. The van der Waals surface area contributed by atoms with E-state index < -0.39 is 0 Å². The molecule has 0 aromatic rings. The van der Waals surface area contributed by atoms with Crippen LogP contribution < -0.4 is 0 Å². The average Bonchev–Trinajstić information content (AvgIpc) is 3.82. The van der Waals surface area contributed by atoms with Crippen molar-refractivity contribution >= 4 is 11.9 Å². The molecule has 1 saturated carbocycles. The molecule has 0 bridgehead atoms. The summed E-state index contributed by atoms with van der Waals surface area (Å²) >= 11 is 0. The van der Waals surface area contributed by atoms with E-state index in [1.54, 1.807) is 0 Å². The molecule has 6 heteroatoms. The van der Waals surface area contributed by atoms with Crippen molar-refractivity contribution < 1.29 is 28.5 Å². The highest BCUT2D eigenvalue weighted by Gasteiger charge is 2.37. The Hall–Kier alpha value is -1.14. The van der Waals surface area contributed by atoms with Crippen LogP contribution >= 0.6 is 0 Å². The molecule has 0 N–H and O–H groups in total. The molecule has 2 heterocycles. The molecule has 2 aliphatic heterocycles. The second-order valence-corrected chi connectivity index (χ2v) is 11.3. The zero-order valence-corrected chi connectivity index (χ0v) is 22.7. The lowest BCUT2D eigenvalue weighted by Gasteiger charge is -2.28. The van der Waals surface area contributed by atoms with Crippen molar-refractivity contribution in [3.05, 3.63) is 0 Å². The molecule has 208 valence electrons. The third-order valence-corrected chi connectivity index (χ3v) is 8.01. The fourth-order valence-electron chi connectivity index (χ4n) is 5.44. The molecule has 0 aromatic heterocycles. The van der Waals surface area contributed by atoms with E-state index in [-0.39, 0.29) is 23.8 Å². The smallest absolute Gasteiger partial charge is 0.309 e. The molecule has 0 spiro atoms. The minimum atomic E-state index is -0.317. The van der Waals surface area contributed by atoms with Crippen molar-refractivity contribution in [3.63, 3.8) is 0 Å². The van der Waals surface area contributed by atoms with Crippen LogP contribution in [0.15, 0.2) is 0 Å². The molecule has 0 radical (unpaired) electrons. The van der Waals surface area contributed by atoms with E-state index in [2.05, 4.69) is 0 Å². The molecule has 6 nitrogen and oxygen atoms in total. The van der Waals surface area contributed by atoms with E-state index in [0.717, 1.165) is 64.6 Å². The number of esters is 2. The number of hydrogen-bond acceptors (Lipinski definition) is 6. The van der Waals surface area contributed by atoms with Crippen LogP contribution in [0.2, 0.25) is 0 Å². The van der Waals surface area contributed by atoms with Crippen LogP contribution in [0.25, 0.3) is 0 Å². The van der Waals surface area contributed by atoms with Crippen LogP contribution in [0.5, 0.6) is 0 Å². The zero-order chi connectivity index (χ0) is 25.3. The highest BCUT2D eigenvalue weighted by Crippen LogP contribution is 2.32. The highest BCUT2D eigenvalue weighted by atomic mass is 16.6. The SMILES string of the molecule is O=C(OCCCCCCCCCC1CO1)C1CCCCC1C(=O)OCCCCCCCCCC1CO1. The minimum absolute atomic E-state index is 0.188. The summed E-state index contributed by atoms with van der Waals surface area (Å²) in [5, 5.41) is 0. The second kappa shape index (κ2) is 18.2. The lowest BCUT2D eigenvalue weighted by Crippen LogP contribution is -2.35. The van der Waals surface area contributed by atoms with Gasteiger partial charge in [-0.15, -0.1) is 0 Å². The quantitative estimate of drug-likeness (QED) is 0.0897. The Labute approximate surface area is 219 Å². The Morgan fingerprint density at radius 2 is 0.861 bits per heavy atom. The van der Waals surface area contributed by atoms with Crippen LogP contribution in [-0.2, 0) is 28.5 Å². The number of carbonyl (C=O) groups excluding carboxylic acids is 2. The Kier molecular flexibility index (Phi) is 14.8. The van der Waals surface area contributed by atoms with Crippen molar-refractivity contribution in [1.29, 1.82) is 0 Å². The minimum Gasteiger partial charge on any atom is -0.465 e. The summed E-state index contributed by atoms with van der Waals surface area (Å²) in [6.07, 6.45) is 23.7. The van der Waals surface area contributed by atoms with Crippen molar-refractivity contribution in [2.24, 2.45) is 11.8 Å². The number of hydrogen-bond donors (Lipinski definition) is 0. The van der Waals surface area contributed by atoms with Crippen molar-refractivity contribution in [1.82, 2.24) is 0 Å². The Morgan fingerprint density at radius 1 is 0.528 bits per heavy atom. The topological polar surface area (TPSA) is 77.7 Å². The molecule has 0 amide bonds. The van der Waals surface area contributed by atoms with E-state index in [0.29, 0.717) is 25.4 Å².